The Hall–Kier alpha value is -3.93. The standard InChI is InChI=1S/C38H37ClFN5O3S2/c1-21-33-30-9-8-28(39)34(33)35-29(42-45-20-38(2,3)16-31(35)45)19-49-17-24-14-25(43(4)41-24)18-50-26-13-22-12-23(40)6-7-27(22)32(15-26)48-11-5-10-44(30)36(21)37(46)47/h6-9,12-15H,5,10-11,16-20H2,1-4H3,(H,46,47). The Labute approximate surface area is 302 Å². The number of aryl methyl sites for hydroxylation is 3. The van der Waals surface area contributed by atoms with Crippen LogP contribution in [0.4, 0.5) is 4.39 Å². The maximum atomic E-state index is 14.3. The minimum absolute atomic E-state index is 0.0425. The van der Waals surface area contributed by atoms with Gasteiger partial charge in [0.1, 0.15) is 17.3 Å². The lowest BCUT2D eigenvalue weighted by molar-refractivity contribution is 0.0684. The molecule has 6 aromatic rings. The van der Waals surface area contributed by atoms with Crippen molar-refractivity contribution in [2.45, 2.75) is 68.9 Å². The van der Waals surface area contributed by atoms with E-state index < -0.39 is 5.97 Å². The van der Waals surface area contributed by atoms with Crippen molar-refractivity contribution in [3.05, 3.63) is 93.4 Å². The lowest BCUT2D eigenvalue weighted by atomic mass is 9.88. The van der Waals surface area contributed by atoms with E-state index in [4.69, 9.17) is 26.5 Å². The first-order valence-corrected chi connectivity index (χ1v) is 19.2. The summed E-state index contributed by atoms with van der Waals surface area (Å²) in [5.41, 5.74) is 7.83. The molecule has 8 nitrogen and oxygen atoms in total. The van der Waals surface area contributed by atoms with E-state index in [0.29, 0.717) is 53.2 Å². The lowest BCUT2D eigenvalue weighted by Crippen LogP contribution is -2.13. The Kier molecular flexibility index (Phi) is 8.43. The van der Waals surface area contributed by atoms with Crippen molar-refractivity contribution in [3.63, 3.8) is 0 Å². The smallest absolute Gasteiger partial charge is 0.352 e. The second-order valence-electron chi connectivity index (χ2n) is 14.0. The highest BCUT2D eigenvalue weighted by molar-refractivity contribution is 7.98. The lowest BCUT2D eigenvalue weighted by Gasteiger charge is -2.16. The monoisotopic (exact) mass is 729 g/mol. The second kappa shape index (κ2) is 12.7. The number of hydrogen-bond donors (Lipinski definition) is 1. The SMILES string of the molecule is Cc1c(C(=O)O)n2c3ccc(Cl)c(c13)-c1c(nn3c1CC(C)(C)C3)CSCc1cc(n(C)n1)CSc1cc(c3ccc(F)cc3c1)OCCC2. The van der Waals surface area contributed by atoms with Crippen molar-refractivity contribution in [1.29, 1.82) is 0 Å². The number of fused-ring (bicyclic) bond motifs is 10. The molecular formula is C38H37ClFN5O3S2. The van der Waals surface area contributed by atoms with E-state index in [0.717, 1.165) is 73.4 Å². The van der Waals surface area contributed by atoms with E-state index in [1.165, 1.54) is 12.1 Å². The summed E-state index contributed by atoms with van der Waals surface area (Å²) in [7, 11) is 1.97. The number of benzene rings is 3. The normalized spacial score (nSPS) is 16.3. The van der Waals surface area contributed by atoms with Crippen LogP contribution in [0.5, 0.6) is 5.75 Å². The van der Waals surface area contributed by atoms with Crippen molar-refractivity contribution in [2.75, 3.05) is 6.61 Å². The molecule has 0 atom stereocenters. The average molecular weight is 730 g/mol. The topological polar surface area (TPSA) is 87.1 Å². The number of thioether (sulfide) groups is 2. The van der Waals surface area contributed by atoms with Gasteiger partial charge in [0.15, 0.2) is 0 Å². The fourth-order valence-electron chi connectivity index (χ4n) is 7.60. The van der Waals surface area contributed by atoms with E-state index in [1.807, 2.05) is 47.5 Å². The molecule has 0 fully saturated rings. The molecule has 0 aliphatic carbocycles. The van der Waals surface area contributed by atoms with Gasteiger partial charge in [0.2, 0.25) is 0 Å². The van der Waals surface area contributed by atoms with Crippen LogP contribution >= 0.6 is 35.1 Å². The molecule has 0 saturated heterocycles. The summed E-state index contributed by atoms with van der Waals surface area (Å²) in [4.78, 5) is 13.8. The van der Waals surface area contributed by atoms with Gasteiger partial charge in [-0.3, -0.25) is 9.36 Å². The third kappa shape index (κ3) is 5.86. The van der Waals surface area contributed by atoms with E-state index in [-0.39, 0.29) is 16.9 Å². The molecule has 5 heterocycles. The van der Waals surface area contributed by atoms with Crippen molar-refractivity contribution < 1.29 is 19.0 Å². The molecule has 258 valence electrons. The molecule has 3 aromatic heterocycles. The Bertz CT molecular complexity index is 2340. The summed E-state index contributed by atoms with van der Waals surface area (Å²) in [6.45, 7) is 7.96. The third-order valence-corrected chi connectivity index (χ3v) is 12.1. The van der Waals surface area contributed by atoms with Crippen molar-refractivity contribution in [1.82, 2.24) is 24.1 Å². The van der Waals surface area contributed by atoms with Crippen LogP contribution in [0.25, 0.3) is 32.8 Å². The van der Waals surface area contributed by atoms with Gasteiger partial charge in [-0.05, 0) is 84.7 Å². The number of carbonyl (C=O) groups is 1. The number of rotatable bonds is 1. The van der Waals surface area contributed by atoms with Crippen LogP contribution in [0, 0.1) is 18.2 Å². The molecule has 8 bridgehead atoms. The summed E-state index contributed by atoms with van der Waals surface area (Å²) in [5.74, 6) is 1.43. The molecule has 2 aliphatic heterocycles. The van der Waals surface area contributed by atoms with Crippen LogP contribution in [0.15, 0.2) is 53.4 Å². The van der Waals surface area contributed by atoms with Crippen LogP contribution in [0.3, 0.4) is 0 Å². The van der Waals surface area contributed by atoms with Crippen molar-refractivity contribution in [3.8, 4) is 16.9 Å². The summed E-state index contributed by atoms with van der Waals surface area (Å²) >= 11 is 10.5. The van der Waals surface area contributed by atoms with E-state index in [1.54, 1.807) is 29.6 Å². The number of carboxylic acids is 1. The Morgan fingerprint density at radius 2 is 1.90 bits per heavy atom. The van der Waals surface area contributed by atoms with Crippen LogP contribution in [0.2, 0.25) is 5.02 Å². The molecule has 0 unspecified atom stereocenters. The van der Waals surface area contributed by atoms with Gasteiger partial charge in [0.25, 0.3) is 0 Å². The Morgan fingerprint density at radius 1 is 1.06 bits per heavy atom. The highest BCUT2D eigenvalue weighted by atomic mass is 35.5. The second-order valence-corrected chi connectivity index (χ2v) is 16.5. The number of ether oxygens (including phenoxy) is 1. The van der Waals surface area contributed by atoms with E-state index >= 15 is 0 Å². The largest absolute Gasteiger partial charge is 0.493 e. The number of carboxylic acid groups (broad SMARTS) is 1. The quantitative estimate of drug-likeness (QED) is 0.181. The summed E-state index contributed by atoms with van der Waals surface area (Å²) in [6, 6.07) is 14.7. The summed E-state index contributed by atoms with van der Waals surface area (Å²) in [5, 5.41) is 23.5. The molecule has 0 saturated carbocycles. The van der Waals surface area contributed by atoms with Gasteiger partial charge in [0, 0.05) is 86.1 Å². The average Bonchev–Trinajstić information content (AvgIpc) is 3.75. The predicted octanol–water partition coefficient (Wildman–Crippen LogP) is 9.28. The maximum absolute atomic E-state index is 14.3. The van der Waals surface area contributed by atoms with Crippen LogP contribution in [-0.4, -0.2) is 41.8 Å². The number of hydrogen-bond acceptors (Lipinski definition) is 6. The first-order chi connectivity index (χ1) is 24.0. The van der Waals surface area contributed by atoms with Gasteiger partial charge >= 0.3 is 5.97 Å². The van der Waals surface area contributed by atoms with E-state index in [2.05, 4.69) is 24.6 Å². The molecule has 12 heteroatoms. The maximum Gasteiger partial charge on any atom is 0.352 e. The molecule has 0 spiro atoms. The third-order valence-electron chi connectivity index (χ3n) is 9.77. The zero-order valence-corrected chi connectivity index (χ0v) is 30.7. The van der Waals surface area contributed by atoms with Crippen molar-refractivity contribution in [2.24, 2.45) is 12.5 Å². The van der Waals surface area contributed by atoms with Gasteiger partial charge in [-0.1, -0.05) is 25.4 Å². The fourth-order valence-corrected chi connectivity index (χ4v) is 9.69. The fraction of sp³-hybridized carbons (Fsp3) is 0.342. The zero-order chi connectivity index (χ0) is 34.9. The first kappa shape index (κ1) is 33.2. The van der Waals surface area contributed by atoms with Crippen LogP contribution in [0.1, 0.15) is 59.1 Å². The van der Waals surface area contributed by atoms with Crippen molar-refractivity contribution >= 4 is 62.8 Å². The summed E-state index contributed by atoms with van der Waals surface area (Å²) in [6.07, 6.45) is 1.40. The first-order valence-electron chi connectivity index (χ1n) is 16.7. The van der Waals surface area contributed by atoms with Crippen LogP contribution in [-0.2, 0) is 43.8 Å². The molecule has 2 aliphatic rings. The molecule has 8 rings (SSSR count). The number of aromatic nitrogens is 5. The Balaban J connectivity index is 1.27. The number of aromatic carboxylic acids is 1. The highest BCUT2D eigenvalue weighted by Crippen LogP contribution is 2.47. The van der Waals surface area contributed by atoms with E-state index in [9.17, 15) is 14.3 Å². The minimum Gasteiger partial charge on any atom is -0.493 e. The van der Waals surface area contributed by atoms with Gasteiger partial charge in [-0.2, -0.15) is 10.2 Å². The molecule has 3 aromatic carbocycles. The van der Waals surface area contributed by atoms with Gasteiger partial charge in [0.05, 0.1) is 18.0 Å². The number of nitrogens with zero attached hydrogens (tertiary/aromatic N) is 5. The van der Waals surface area contributed by atoms with Gasteiger partial charge < -0.3 is 14.4 Å². The molecule has 0 radical (unpaired) electrons. The Morgan fingerprint density at radius 3 is 2.72 bits per heavy atom. The molecular weight excluding hydrogens is 693 g/mol. The van der Waals surface area contributed by atoms with Gasteiger partial charge in [-0.15, -0.1) is 23.5 Å². The van der Waals surface area contributed by atoms with Gasteiger partial charge in [-0.25, -0.2) is 9.18 Å². The predicted molar refractivity (Wildman–Crippen MR) is 199 cm³/mol. The molecule has 50 heavy (non-hydrogen) atoms. The molecule has 1 N–H and O–H groups in total. The number of halogens is 2. The zero-order valence-electron chi connectivity index (χ0n) is 28.3. The van der Waals surface area contributed by atoms with Crippen LogP contribution < -0.4 is 4.74 Å². The minimum atomic E-state index is -0.985. The molecule has 0 amide bonds. The summed E-state index contributed by atoms with van der Waals surface area (Å²) < 4.78 is 26.7. The highest BCUT2D eigenvalue weighted by Gasteiger charge is 2.36.